The number of rotatable bonds is 14. The van der Waals surface area contributed by atoms with Crippen LogP contribution in [0.2, 0.25) is 0 Å². The van der Waals surface area contributed by atoms with Gasteiger partial charge in [-0.15, -0.1) is 0 Å². The van der Waals surface area contributed by atoms with E-state index in [0.717, 1.165) is 37.1 Å². The molecule has 38 heavy (non-hydrogen) atoms. The molecule has 0 saturated heterocycles. The van der Waals surface area contributed by atoms with Crippen LogP contribution in [0.15, 0.2) is 48.8 Å². The summed E-state index contributed by atoms with van der Waals surface area (Å²) in [6.07, 6.45) is 6.66. The van der Waals surface area contributed by atoms with Gasteiger partial charge in [-0.25, -0.2) is 9.97 Å². The van der Waals surface area contributed by atoms with Crippen LogP contribution in [0.25, 0.3) is 11.3 Å². The highest BCUT2D eigenvalue weighted by atomic mass is 19.3. The maximum absolute atomic E-state index is 13.0. The summed E-state index contributed by atoms with van der Waals surface area (Å²) in [6.45, 7) is -2.61. The molecule has 3 aromatic rings. The molecule has 1 aliphatic carbocycles. The van der Waals surface area contributed by atoms with E-state index in [1.807, 2.05) is 12.1 Å². The molecule has 0 aliphatic heterocycles. The highest BCUT2D eigenvalue weighted by molar-refractivity contribution is 5.67. The summed E-state index contributed by atoms with van der Waals surface area (Å²) in [7, 11) is 1.73. The molecule has 1 saturated carbocycles. The molecule has 0 unspecified atom stereocenters. The van der Waals surface area contributed by atoms with Crippen molar-refractivity contribution >= 4 is 0 Å². The molecule has 0 spiro atoms. The fourth-order valence-electron chi connectivity index (χ4n) is 4.57. The highest BCUT2D eigenvalue weighted by Crippen LogP contribution is 2.44. The molecule has 0 radical (unpaired) electrons. The lowest BCUT2D eigenvalue weighted by atomic mass is 9.95. The van der Waals surface area contributed by atoms with Crippen molar-refractivity contribution in [2.24, 2.45) is 5.92 Å². The van der Waals surface area contributed by atoms with Gasteiger partial charge < -0.3 is 19.5 Å². The number of hydrogen-bond acceptors (Lipinski definition) is 7. The number of nitrogens with zero attached hydrogens (tertiary/aromatic N) is 3. The molecule has 0 amide bonds. The van der Waals surface area contributed by atoms with E-state index in [1.54, 1.807) is 19.4 Å². The topological polar surface area (TPSA) is 78.4 Å². The van der Waals surface area contributed by atoms with Gasteiger partial charge >= 0.3 is 13.2 Å². The van der Waals surface area contributed by atoms with Crippen LogP contribution >= 0.6 is 0 Å². The van der Waals surface area contributed by atoms with E-state index in [-0.39, 0.29) is 28.4 Å². The molecule has 1 atom stereocenters. The predicted molar refractivity (Wildman–Crippen MR) is 132 cm³/mol. The van der Waals surface area contributed by atoms with Crippen LogP contribution in [-0.2, 0) is 17.7 Å². The van der Waals surface area contributed by atoms with Crippen LogP contribution < -0.4 is 14.8 Å². The lowest BCUT2D eigenvalue weighted by Crippen LogP contribution is -2.40. The summed E-state index contributed by atoms with van der Waals surface area (Å²) in [5, 5.41) is 3.66. The van der Waals surface area contributed by atoms with Crippen molar-refractivity contribution in [3.05, 3.63) is 65.7 Å². The summed E-state index contributed by atoms with van der Waals surface area (Å²) in [6, 6.07) is 9.50. The molecule has 1 fully saturated rings. The summed E-state index contributed by atoms with van der Waals surface area (Å²) < 4.78 is 65.5. The van der Waals surface area contributed by atoms with E-state index in [4.69, 9.17) is 4.74 Å². The van der Waals surface area contributed by atoms with Gasteiger partial charge in [-0.05, 0) is 49.1 Å². The van der Waals surface area contributed by atoms with E-state index in [9.17, 15) is 17.6 Å². The summed E-state index contributed by atoms with van der Waals surface area (Å²) in [5.41, 5.74) is 2.77. The second-order valence-corrected chi connectivity index (χ2v) is 9.19. The molecule has 7 nitrogen and oxygen atoms in total. The molecular formula is C27H30F4N4O3. The zero-order valence-corrected chi connectivity index (χ0v) is 21.2. The van der Waals surface area contributed by atoms with E-state index < -0.39 is 13.2 Å². The van der Waals surface area contributed by atoms with Crippen molar-refractivity contribution in [2.45, 2.75) is 57.9 Å². The number of pyridine rings is 3. The smallest absolute Gasteiger partial charge is 0.388 e. The van der Waals surface area contributed by atoms with Gasteiger partial charge in [0, 0.05) is 61.2 Å². The van der Waals surface area contributed by atoms with Crippen LogP contribution in [-0.4, -0.2) is 47.4 Å². The van der Waals surface area contributed by atoms with Gasteiger partial charge in [0.1, 0.15) is 5.69 Å². The molecule has 4 rings (SSSR count). The fourth-order valence-corrected chi connectivity index (χ4v) is 4.57. The minimum atomic E-state index is -3.08. The number of halogens is 4. The Morgan fingerprint density at radius 3 is 2.37 bits per heavy atom. The third-order valence-corrected chi connectivity index (χ3v) is 6.67. The van der Waals surface area contributed by atoms with Crippen LogP contribution in [0.1, 0.15) is 43.1 Å². The zero-order valence-electron chi connectivity index (χ0n) is 21.2. The van der Waals surface area contributed by atoms with Gasteiger partial charge in [-0.1, -0.05) is 13.0 Å². The Labute approximate surface area is 218 Å². The molecule has 3 heterocycles. The van der Waals surface area contributed by atoms with Gasteiger partial charge in [-0.3, -0.25) is 4.98 Å². The zero-order chi connectivity index (χ0) is 27.1. The van der Waals surface area contributed by atoms with Gasteiger partial charge in [-0.2, -0.15) is 17.6 Å². The van der Waals surface area contributed by atoms with Crippen molar-refractivity contribution < 1.29 is 31.8 Å². The standard InChI is InChI=1S/C27H30F4N4O3/c1-3-19(16-36-2)27(9-10-27)34-15-21-5-4-17(14-33-21)12-20-6-7-22(37-25(28)29)24(35-20)18-8-11-32-23(13-18)38-26(30)31/h4-8,11,13-14,19,25-26,34H,3,9-10,12,15-16H2,1-2H3/t19-/m0/s1. The average Bonchev–Trinajstić information content (AvgIpc) is 3.68. The quantitative estimate of drug-likeness (QED) is 0.269. The minimum absolute atomic E-state index is 0.0642. The minimum Gasteiger partial charge on any atom is -0.432 e. The Kier molecular flexibility index (Phi) is 9.11. The molecule has 204 valence electrons. The first-order valence-electron chi connectivity index (χ1n) is 12.4. The average molecular weight is 535 g/mol. The molecule has 1 aliphatic rings. The van der Waals surface area contributed by atoms with Crippen LogP contribution in [0, 0.1) is 5.92 Å². The molecule has 1 N–H and O–H groups in total. The normalized spacial score (nSPS) is 15.1. The van der Waals surface area contributed by atoms with Gasteiger partial charge in [0.25, 0.3) is 0 Å². The third-order valence-electron chi connectivity index (χ3n) is 6.67. The molecule has 0 aromatic carbocycles. The first kappa shape index (κ1) is 27.7. The van der Waals surface area contributed by atoms with E-state index >= 15 is 0 Å². The SMILES string of the molecule is CC[C@@H](COC)C1(NCc2ccc(Cc3ccc(OC(F)F)c(-c4ccnc(OC(F)F)c4)n3)cn2)CC1. The third kappa shape index (κ3) is 7.16. The summed E-state index contributed by atoms with van der Waals surface area (Å²) in [5.74, 6) is -0.0885. The van der Waals surface area contributed by atoms with Crippen molar-refractivity contribution in [1.29, 1.82) is 0 Å². The maximum atomic E-state index is 13.0. The Balaban J connectivity index is 1.47. The Morgan fingerprint density at radius 1 is 0.974 bits per heavy atom. The maximum Gasteiger partial charge on any atom is 0.388 e. The number of nitrogens with one attached hydrogen (secondary N) is 1. The van der Waals surface area contributed by atoms with E-state index in [2.05, 4.69) is 36.7 Å². The largest absolute Gasteiger partial charge is 0.432 e. The summed E-state index contributed by atoms with van der Waals surface area (Å²) in [4.78, 5) is 12.8. The Bertz CT molecular complexity index is 1190. The predicted octanol–water partition coefficient (Wildman–Crippen LogP) is 5.63. The van der Waals surface area contributed by atoms with Gasteiger partial charge in [0.05, 0.1) is 12.3 Å². The highest BCUT2D eigenvalue weighted by Gasteiger charge is 2.47. The Hall–Kier alpha value is -3.31. The Morgan fingerprint density at radius 2 is 1.74 bits per heavy atom. The number of ether oxygens (including phenoxy) is 3. The van der Waals surface area contributed by atoms with Gasteiger partial charge in [0.2, 0.25) is 5.88 Å². The number of methoxy groups -OCH3 is 1. The van der Waals surface area contributed by atoms with Crippen LogP contribution in [0.5, 0.6) is 11.6 Å². The second-order valence-electron chi connectivity index (χ2n) is 9.19. The van der Waals surface area contributed by atoms with Crippen LogP contribution in [0.3, 0.4) is 0 Å². The van der Waals surface area contributed by atoms with Crippen molar-refractivity contribution in [2.75, 3.05) is 13.7 Å². The lowest BCUT2D eigenvalue weighted by molar-refractivity contribution is -0.0528. The number of aromatic nitrogens is 3. The monoisotopic (exact) mass is 534 g/mol. The van der Waals surface area contributed by atoms with E-state index in [1.165, 1.54) is 24.4 Å². The number of hydrogen-bond donors (Lipinski definition) is 1. The molecule has 3 aromatic heterocycles. The first-order chi connectivity index (χ1) is 18.3. The number of alkyl halides is 4. The lowest BCUT2D eigenvalue weighted by Gasteiger charge is -2.26. The van der Waals surface area contributed by atoms with Crippen molar-refractivity contribution in [1.82, 2.24) is 20.3 Å². The molecular weight excluding hydrogens is 504 g/mol. The molecule has 0 bridgehead atoms. The van der Waals surface area contributed by atoms with Crippen molar-refractivity contribution in [3.8, 4) is 22.9 Å². The van der Waals surface area contributed by atoms with Crippen molar-refractivity contribution in [3.63, 3.8) is 0 Å². The summed E-state index contributed by atoms with van der Waals surface area (Å²) >= 11 is 0. The van der Waals surface area contributed by atoms with E-state index in [0.29, 0.717) is 24.6 Å². The first-order valence-corrected chi connectivity index (χ1v) is 12.4. The molecule has 11 heteroatoms. The van der Waals surface area contributed by atoms with Gasteiger partial charge in [0.15, 0.2) is 5.75 Å². The second kappa shape index (κ2) is 12.5. The fraction of sp³-hybridized carbons (Fsp3) is 0.444. The van der Waals surface area contributed by atoms with Crippen LogP contribution in [0.4, 0.5) is 17.6 Å².